The topological polar surface area (TPSA) is 84.9 Å². The van der Waals surface area contributed by atoms with E-state index >= 15 is 0 Å². The summed E-state index contributed by atoms with van der Waals surface area (Å²) in [5.41, 5.74) is 0. The molecule has 1 aliphatic carbocycles. The molecule has 1 aliphatic heterocycles. The summed E-state index contributed by atoms with van der Waals surface area (Å²) >= 11 is 0. The van der Waals surface area contributed by atoms with Crippen LogP contribution in [0.4, 0.5) is 0 Å². The summed E-state index contributed by atoms with van der Waals surface area (Å²) in [5, 5.41) is 11.7. The number of carboxylic acid groups (broad SMARTS) is 1. The fraction of sp³-hybridized carbons (Fsp3) is 0.467. The van der Waals surface area contributed by atoms with Crippen LogP contribution < -0.4 is 14.8 Å². The Balaban J connectivity index is 1.61. The molecule has 0 radical (unpaired) electrons. The first kappa shape index (κ1) is 13.7. The number of amides is 1. The van der Waals surface area contributed by atoms with E-state index in [4.69, 9.17) is 14.6 Å². The van der Waals surface area contributed by atoms with Crippen LogP contribution in [0.15, 0.2) is 24.3 Å². The number of carbonyl (C=O) groups is 2. The predicted octanol–water partition coefficient (Wildman–Crippen LogP) is 1.20. The van der Waals surface area contributed by atoms with E-state index in [1.165, 1.54) is 0 Å². The van der Waals surface area contributed by atoms with E-state index in [1.807, 2.05) is 6.07 Å². The highest BCUT2D eigenvalue weighted by atomic mass is 16.6. The monoisotopic (exact) mass is 291 g/mol. The molecule has 1 aromatic rings. The molecule has 21 heavy (non-hydrogen) atoms. The summed E-state index contributed by atoms with van der Waals surface area (Å²) in [5.74, 6) is 0.0489. The summed E-state index contributed by atoms with van der Waals surface area (Å²) in [7, 11) is 0. The molecule has 1 fully saturated rings. The Hall–Kier alpha value is -2.24. The molecule has 112 valence electrons. The maximum atomic E-state index is 12.1. The Labute approximate surface area is 122 Å². The van der Waals surface area contributed by atoms with Gasteiger partial charge in [0.15, 0.2) is 11.5 Å². The third-order valence-electron chi connectivity index (χ3n) is 3.68. The Morgan fingerprint density at radius 2 is 2.00 bits per heavy atom. The highest BCUT2D eigenvalue weighted by molar-refractivity contribution is 5.86. The number of ether oxygens (including phenoxy) is 2. The lowest BCUT2D eigenvalue weighted by atomic mass is 10.1. The van der Waals surface area contributed by atoms with Gasteiger partial charge < -0.3 is 19.9 Å². The van der Waals surface area contributed by atoms with Crippen LogP contribution in [0.2, 0.25) is 0 Å². The fourth-order valence-electron chi connectivity index (χ4n) is 2.32. The van der Waals surface area contributed by atoms with Gasteiger partial charge in [0, 0.05) is 0 Å². The van der Waals surface area contributed by atoms with Crippen LogP contribution in [0.3, 0.4) is 0 Å². The molecule has 2 aliphatic rings. The van der Waals surface area contributed by atoms with Crippen molar-refractivity contribution in [2.75, 3.05) is 6.61 Å². The zero-order chi connectivity index (χ0) is 14.8. The van der Waals surface area contributed by atoms with Gasteiger partial charge in [0.2, 0.25) is 6.10 Å². The van der Waals surface area contributed by atoms with Gasteiger partial charge in [0.05, 0.1) is 0 Å². The summed E-state index contributed by atoms with van der Waals surface area (Å²) < 4.78 is 11.0. The number of hydrogen-bond acceptors (Lipinski definition) is 4. The second kappa shape index (κ2) is 5.63. The highest BCUT2D eigenvalue weighted by Gasteiger charge is 2.34. The van der Waals surface area contributed by atoms with E-state index in [-0.39, 0.29) is 6.61 Å². The first-order chi connectivity index (χ1) is 10.1. The molecular formula is C15H17NO5. The van der Waals surface area contributed by atoms with E-state index < -0.39 is 24.0 Å². The van der Waals surface area contributed by atoms with Crippen LogP contribution in [-0.2, 0) is 9.59 Å². The van der Waals surface area contributed by atoms with E-state index in [9.17, 15) is 9.59 Å². The summed E-state index contributed by atoms with van der Waals surface area (Å²) in [6.45, 7) is 0.0820. The van der Waals surface area contributed by atoms with Crippen molar-refractivity contribution in [3.8, 4) is 11.5 Å². The summed E-state index contributed by atoms with van der Waals surface area (Å²) in [6, 6.07) is 6.23. The average molecular weight is 291 g/mol. The van der Waals surface area contributed by atoms with Crippen molar-refractivity contribution in [2.24, 2.45) is 5.92 Å². The molecule has 2 N–H and O–H groups in total. The lowest BCUT2D eigenvalue weighted by molar-refractivity contribution is -0.144. The van der Waals surface area contributed by atoms with E-state index in [0.29, 0.717) is 23.8 Å². The first-order valence-corrected chi connectivity index (χ1v) is 7.05. The van der Waals surface area contributed by atoms with Crippen molar-refractivity contribution < 1.29 is 24.2 Å². The molecule has 0 spiro atoms. The van der Waals surface area contributed by atoms with Crippen molar-refractivity contribution in [1.82, 2.24) is 5.32 Å². The number of nitrogens with one attached hydrogen (secondary N) is 1. The van der Waals surface area contributed by atoms with Crippen LogP contribution in [-0.4, -0.2) is 35.7 Å². The molecule has 0 aromatic heterocycles. The van der Waals surface area contributed by atoms with E-state index in [2.05, 4.69) is 5.32 Å². The van der Waals surface area contributed by atoms with Gasteiger partial charge in [-0.25, -0.2) is 4.79 Å². The minimum atomic E-state index is -1.01. The SMILES string of the molecule is O=C(O)C(CC1CC1)NC(=O)C1COc2ccccc2O1. The maximum absolute atomic E-state index is 12.1. The molecule has 6 nitrogen and oxygen atoms in total. The van der Waals surface area contributed by atoms with Crippen molar-refractivity contribution in [2.45, 2.75) is 31.4 Å². The van der Waals surface area contributed by atoms with Crippen LogP contribution in [0.5, 0.6) is 11.5 Å². The molecular weight excluding hydrogens is 274 g/mol. The van der Waals surface area contributed by atoms with Gasteiger partial charge in [-0.15, -0.1) is 0 Å². The number of carbonyl (C=O) groups excluding carboxylic acids is 1. The molecule has 6 heteroatoms. The quantitative estimate of drug-likeness (QED) is 0.851. The van der Waals surface area contributed by atoms with Crippen molar-refractivity contribution in [3.63, 3.8) is 0 Å². The lowest BCUT2D eigenvalue weighted by Gasteiger charge is -2.26. The van der Waals surface area contributed by atoms with E-state index in [1.54, 1.807) is 18.2 Å². The average Bonchev–Trinajstić information content (AvgIpc) is 3.30. The number of rotatable bonds is 5. The van der Waals surface area contributed by atoms with Gasteiger partial charge in [0.1, 0.15) is 12.6 Å². The van der Waals surface area contributed by atoms with Gasteiger partial charge in [-0.3, -0.25) is 4.79 Å². The van der Waals surface area contributed by atoms with Crippen molar-refractivity contribution >= 4 is 11.9 Å². The van der Waals surface area contributed by atoms with Crippen LogP contribution in [0.1, 0.15) is 19.3 Å². The van der Waals surface area contributed by atoms with Crippen LogP contribution in [0.25, 0.3) is 0 Å². The van der Waals surface area contributed by atoms with Crippen molar-refractivity contribution in [1.29, 1.82) is 0 Å². The number of aliphatic carboxylic acids is 1. The van der Waals surface area contributed by atoms with Gasteiger partial charge in [0.25, 0.3) is 5.91 Å². The number of hydrogen-bond donors (Lipinski definition) is 2. The molecule has 1 amide bonds. The Morgan fingerprint density at radius 3 is 2.67 bits per heavy atom. The van der Waals surface area contributed by atoms with E-state index in [0.717, 1.165) is 12.8 Å². The summed E-state index contributed by atoms with van der Waals surface area (Å²) in [6.07, 6.45) is 1.73. The standard InChI is InChI=1S/C15H17NO5/c17-14(16-10(15(18)19)7-9-5-6-9)13-8-20-11-3-1-2-4-12(11)21-13/h1-4,9-10,13H,5-8H2,(H,16,17)(H,18,19). The van der Waals surface area contributed by atoms with Gasteiger partial charge in [-0.1, -0.05) is 25.0 Å². The third-order valence-corrected chi connectivity index (χ3v) is 3.68. The Bertz CT molecular complexity index is 555. The lowest BCUT2D eigenvalue weighted by Crippen LogP contribution is -2.50. The number of benzene rings is 1. The Morgan fingerprint density at radius 1 is 1.29 bits per heavy atom. The molecule has 3 rings (SSSR count). The molecule has 2 atom stereocenters. The van der Waals surface area contributed by atoms with Crippen molar-refractivity contribution in [3.05, 3.63) is 24.3 Å². The van der Waals surface area contributed by atoms with Gasteiger partial charge in [-0.2, -0.15) is 0 Å². The zero-order valence-electron chi connectivity index (χ0n) is 11.5. The molecule has 0 saturated heterocycles. The predicted molar refractivity (Wildman–Crippen MR) is 73.3 cm³/mol. The number of carboxylic acids is 1. The molecule has 1 heterocycles. The van der Waals surface area contributed by atoms with Crippen LogP contribution in [0, 0.1) is 5.92 Å². The van der Waals surface area contributed by atoms with Gasteiger partial charge in [-0.05, 0) is 24.5 Å². The Kier molecular flexibility index (Phi) is 3.68. The molecule has 1 saturated carbocycles. The van der Waals surface area contributed by atoms with Crippen LogP contribution >= 0.6 is 0 Å². The zero-order valence-corrected chi connectivity index (χ0v) is 11.5. The summed E-state index contributed by atoms with van der Waals surface area (Å²) in [4.78, 5) is 23.3. The second-order valence-electron chi connectivity index (χ2n) is 5.44. The molecule has 1 aromatic carbocycles. The first-order valence-electron chi connectivity index (χ1n) is 7.05. The maximum Gasteiger partial charge on any atom is 0.326 e. The number of para-hydroxylation sites is 2. The fourth-order valence-corrected chi connectivity index (χ4v) is 2.32. The normalized spacial score (nSPS) is 21.4. The minimum absolute atomic E-state index is 0.0820. The van der Waals surface area contributed by atoms with Gasteiger partial charge >= 0.3 is 5.97 Å². The number of fused-ring (bicyclic) bond motifs is 1. The highest BCUT2D eigenvalue weighted by Crippen LogP contribution is 2.34. The minimum Gasteiger partial charge on any atom is -0.485 e. The molecule has 2 unspecified atom stereocenters. The largest absolute Gasteiger partial charge is 0.485 e. The smallest absolute Gasteiger partial charge is 0.326 e. The third kappa shape index (κ3) is 3.26. The molecule has 0 bridgehead atoms. The second-order valence-corrected chi connectivity index (χ2v) is 5.44.